The fourth-order valence-electron chi connectivity index (χ4n) is 2.49. The Morgan fingerprint density at radius 3 is 2.44 bits per heavy atom. The number of nitrogens with two attached hydrogens (primary N) is 1. The van der Waals surface area contributed by atoms with E-state index in [0.29, 0.717) is 0 Å². The van der Waals surface area contributed by atoms with Gasteiger partial charge in [0.05, 0.1) is 27.2 Å². The Morgan fingerprint density at radius 2 is 1.89 bits per heavy atom. The summed E-state index contributed by atoms with van der Waals surface area (Å²) < 4.78 is 1.12. The van der Waals surface area contributed by atoms with Gasteiger partial charge in [-0.1, -0.05) is 0 Å². The molecule has 2 N–H and O–H groups in total. The van der Waals surface area contributed by atoms with E-state index in [1.807, 2.05) is 12.1 Å². The van der Waals surface area contributed by atoms with Gasteiger partial charge in [0.2, 0.25) is 0 Å². The number of likely N-dealkylation sites (N-methyl/N-ethyl adjacent to an activating group) is 1. The van der Waals surface area contributed by atoms with Crippen molar-refractivity contribution < 1.29 is 28.5 Å². The Morgan fingerprint density at radius 1 is 1.28 bits per heavy atom. The zero-order valence-corrected chi connectivity index (χ0v) is 13.7. The van der Waals surface area contributed by atoms with E-state index in [9.17, 15) is 0 Å². The second-order valence-corrected chi connectivity index (χ2v) is 5.57. The lowest BCUT2D eigenvalue weighted by atomic mass is 10.2. The molecule has 18 heavy (non-hydrogen) atoms. The molecule has 4 heteroatoms. The topological polar surface area (TPSA) is 29.3 Å². The maximum absolute atomic E-state index is 5.72. The molecular formula is C14H24IN3. The van der Waals surface area contributed by atoms with E-state index in [1.54, 1.807) is 0 Å². The molecule has 0 aromatic heterocycles. The highest BCUT2D eigenvalue weighted by atomic mass is 127. The summed E-state index contributed by atoms with van der Waals surface area (Å²) in [6.45, 7) is 5.78. The zero-order valence-electron chi connectivity index (χ0n) is 11.6. The average Bonchev–Trinajstić information content (AvgIpc) is 2.80. The van der Waals surface area contributed by atoms with Crippen molar-refractivity contribution in [3.63, 3.8) is 0 Å². The molecule has 3 nitrogen and oxygen atoms in total. The molecule has 1 unspecified atom stereocenters. The van der Waals surface area contributed by atoms with Gasteiger partial charge in [-0.3, -0.25) is 0 Å². The maximum Gasteiger partial charge on any atom is 0.108 e. The predicted molar refractivity (Wildman–Crippen MR) is 74.1 cm³/mol. The van der Waals surface area contributed by atoms with Crippen molar-refractivity contribution in [2.45, 2.75) is 19.4 Å². The second kappa shape index (κ2) is 6.10. The van der Waals surface area contributed by atoms with Crippen LogP contribution in [0, 0.1) is 0 Å². The van der Waals surface area contributed by atoms with Gasteiger partial charge in [0, 0.05) is 24.3 Å². The van der Waals surface area contributed by atoms with E-state index >= 15 is 0 Å². The molecule has 1 aromatic rings. The van der Waals surface area contributed by atoms with Crippen molar-refractivity contribution >= 4 is 11.4 Å². The van der Waals surface area contributed by atoms with Crippen LogP contribution in [0.25, 0.3) is 0 Å². The SMILES string of the molecule is CC[N+](C)(C)C1CCN(c2ccc(N)cc2)C1.[I-]. The quantitative estimate of drug-likeness (QED) is 0.423. The molecule has 1 heterocycles. The van der Waals surface area contributed by atoms with E-state index in [-0.39, 0.29) is 24.0 Å². The monoisotopic (exact) mass is 361 g/mol. The van der Waals surface area contributed by atoms with Crippen LogP contribution in [0.5, 0.6) is 0 Å². The van der Waals surface area contributed by atoms with Crippen molar-refractivity contribution in [3.05, 3.63) is 24.3 Å². The molecule has 1 atom stereocenters. The molecule has 102 valence electrons. The van der Waals surface area contributed by atoms with Crippen molar-refractivity contribution in [2.24, 2.45) is 0 Å². The van der Waals surface area contributed by atoms with Crippen molar-refractivity contribution in [2.75, 3.05) is 44.4 Å². The lowest BCUT2D eigenvalue weighted by Crippen LogP contribution is -3.00. The molecule has 2 rings (SSSR count). The predicted octanol–water partition coefficient (Wildman–Crippen LogP) is -1.05. The summed E-state index contributed by atoms with van der Waals surface area (Å²) in [5.74, 6) is 0. The van der Waals surface area contributed by atoms with Crippen molar-refractivity contribution in [1.29, 1.82) is 0 Å². The number of nitrogens with zero attached hydrogens (tertiary/aromatic N) is 2. The normalized spacial score (nSPS) is 19.7. The van der Waals surface area contributed by atoms with Gasteiger partial charge in [-0.05, 0) is 31.2 Å². The van der Waals surface area contributed by atoms with E-state index in [4.69, 9.17) is 5.73 Å². The van der Waals surface area contributed by atoms with Gasteiger partial charge in [-0.25, -0.2) is 0 Å². The molecule has 1 aliphatic heterocycles. The molecule has 1 fully saturated rings. The number of hydrogen-bond donors (Lipinski definition) is 1. The molecular weight excluding hydrogens is 337 g/mol. The van der Waals surface area contributed by atoms with Crippen LogP contribution in [-0.4, -0.2) is 44.3 Å². The number of benzene rings is 1. The minimum atomic E-state index is 0. The van der Waals surface area contributed by atoms with E-state index < -0.39 is 0 Å². The molecule has 0 amide bonds. The van der Waals surface area contributed by atoms with Crippen LogP contribution in [0.4, 0.5) is 11.4 Å². The van der Waals surface area contributed by atoms with Gasteiger partial charge in [-0.15, -0.1) is 0 Å². The summed E-state index contributed by atoms with van der Waals surface area (Å²) >= 11 is 0. The Labute approximate surface area is 128 Å². The minimum absolute atomic E-state index is 0. The first-order valence-corrected chi connectivity index (χ1v) is 6.46. The van der Waals surface area contributed by atoms with Gasteiger partial charge >= 0.3 is 0 Å². The zero-order chi connectivity index (χ0) is 12.5. The van der Waals surface area contributed by atoms with Crippen molar-refractivity contribution in [1.82, 2.24) is 0 Å². The van der Waals surface area contributed by atoms with Gasteiger partial charge in [0.25, 0.3) is 0 Å². The Kier molecular flexibility index (Phi) is 5.28. The number of quaternary nitrogens is 1. The number of halogens is 1. The third-order valence-corrected chi connectivity index (χ3v) is 4.23. The third-order valence-electron chi connectivity index (χ3n) is 4.23. The third kappa shape index (κ3) is 3.29. The minimum Gasteiger partial charge on any atom is -1.00 e. The van der Waals surface area contributed by atoms with Gasteiger partial charge in [-0.2, -0.15) is 0 Å². The molecule has 0 aliphatic carbocycles. The Hall–Kier alpha value is -0.490. The van der Waals surface area contributed by atoms with Crippen LogP contribution in [0.15, 0.2) is 24.3 Å². The number of nitrogen functional groups attached to an aromatic ring is 1. The summed E-state index contributed by atoms with van der Waals surface area (Å²) in [5.41, 5.74) is 7.87. The summed E-state index contributed by atoms with van der Waals surface area (Å²) in [6.07, 6.45) is 1.28. The molecule has 0 bridgehead atoms. The van der Waals surface area contributed by atoms with Crippen LogP contribution in [0.2, 0.25) is 0 Å². The molecule has 0 spiro atoms. The van der Waals surface area contributed by atoms with Gasteiger partial charge in [0.15, 0.2) is 0 Å². The van der Waals surface area contributed by atoms with E-state index in [0.717, 1.165) is 29.3 Å². The summed E-state index contributed by atoms with van der Waals surface area (Å²) in [4.78, 5) is 2.47. The van der Waals surface area contributed by atoms with Crippen LogP contribution in [0.3, 0.4) is 0 Å². The van der Waals surface area contributed by atoms with E-state index in [2.05, 4.69) is 38.1 Å². The average molecular weight is 361 g/mol. The Bertz CT molecular complexity index is 375. The maximum atomic E-state index is 5.72. The van der Waals surface area contributed by atoms with Crippen LogP contribution >= 0.6 is 0 Å². The van der Waals surface area contributed by atoms with E-state index in [1.165, 1.54) is 18.7 Å². The second-order valence-electron chi connectivity index (χ2n) is 5.57. The number of hydrogen-bond acceptors (Lipinski definition) is 2. The largest absolute Gasteiger partial charge is 1.00 e. The summed E-state index contributed by atoms with van der Waals surface area (Å²) in [7, 11) is 4.66. The van der Waals surface area contributed by atoms with Gasteiger partial charge in [0.1, 0.15) is 6.04 Å². The Balaban J connectivity index is 0.00000162. The molecule has 1 aliphatic rings. The lowest BCUT2D eigenvalue weighted by molar-refractivity contribution is -0.910. The number of anilines is 2. The van der Waals surface area contributed by atoms with Crippen LogP contribution in [-0.2, 0) is 0 Å². The molecule has 0 radical (unpaired) electrons. The number of rotatable bonds is 3. The highest BCUT2D eigenvalue weighted by molar-refractivity contribution is 5.53. The standard InChI is InChI=1S/C14H24N3.HI/c1-4-17(2,3)14-9-10-16(11-14)13-7-5-12(15)6-8-13;/h5-8,14H,4,9-11,15H2,1-3H3;1H/q+1;/p-1. The highest BCUT2D eigenvalue weighted by Gasteiger charge is 2.33. The fourth-order valence-corrected chi connectivity index (χ4v) is 2.49. The molecule has 0 saturated carbocycles. The smallest absolute Gasteiger partial charge is 0.108 e. The molecule has 1 saturated heterocycles. The first-order valence-electron chi connectivity index (χ1n) is 6.46. The van der Waals surface area contributed by atoms with Crippen molar-refractivity contribution in [3.8, 4) is 0 Å². The fraction of sp³-hybridized carbons (Fsp3) is 0.571. The van der Waals surface area contributed by atoms with Gasteiger partial charge < -0.3 is 39.1 Å². The summed E-state index contributed by atoms with van der Waals surface area (Å²) in [6, 6.07) is 8.98. The first kappa shape index (κ1) is 15.6. The molecule has 1 aromatic carbocycles. The highest BCUT2D eigenvalue weighted by Crippen LogP contribution is 2.25. The summed E-state index contributed by atoms with van der Waals surface area (Å²) in [5, 5.41) is 0. The van der Waals surface area contributed by atoms with Crippen LogP contribution in [0.1, 0.15) is 13.3 Å². The first-order chi connectivity index (χ1) is 8.03. The lowest BCUT2D eigenvalue weighted by Gasteiger charge is -2.35. The van der Waals surface area contributed by atoms with Crippen LogP contribution < -0.4 is 34.6 Å².